The highest BCUT2D eigenvalue weighted by Crippen LogP contribution is 2.25. The number of amides is 1. The molecule has 0 aliphatic carbocycles. The number of methoxy groups -OCH3 is 1. The Bertz CT molecular complexity index is 846. The van der Waals surface area contributed by atoms with Crippen LogP contribution in [0.5, 0.6) is 5.75 Å². The van der Waals surface area contributed by atoms with Gasteiger partial charge in [0, 0.05) is 17.1 Å². The highest BCUT2D eigenvalue weighted by molar-refractivity contribution is 6.01. The van der Waals surface area contributed by atoms with Crippen LogP contribution in [0.15, 0.2) is 54.6 Å². The lowest BCUT2D eigenvalue weighted by atomic mass is 10.1. The van der Waals surface area contributed by atoms with Crippen molar-refractivity contribution in [2.45, 2.75) is 0 Å². The van der Waals surface area contributed by atoms with E-state index in [1.807, 2.05) is 48.5 Å². The first-order valence-electron chi connectivity index (χ1n) is 6.78. The molecular formula is C17H15N3O2. The number of aromatic nitrogens is 1. The Morgan fingerprint density at radius 1 is 1.14 bits per heavy atom. The van der Waals surface area contributed by atoms with Crippen LogP contribution in [0.3, 0.4) is 0 Å². The predicted octanol–water partition coefficient (Wildman–Crippen LogP) is 3.09. The molecule has 22 heavy (non-hydrogen) atoms. The molecule has 2 aromatic carbocycles. The lowest BCUT2D eigenvalue weighted by Gasteiger charge is -2.11. The van der Waals surface area contributed by atoms with Crippen molar-refractivity contribution in [1.82, 2.24) is 4.98 Å². The molecule has 0 fully saturated rings. The molecule has 0 unspecified atom stereocenters. The quantitative estimate of drug-likeness (QED) is 0.775. The number of nitrogens with zero attached hydrogens (tertiary/aromatic N) is 1. The van der Waals surface area contributed by atoms with Crippen molar-refractivity contribution in [2.24, 2.45) is 5.73 Å². The van der Waals surface area contributed by atoms with Gasteiger partial charge >= 0.3 is 0 Å². The molecule has 0 aliphatic heterocycles. The maximum absolute atomic E-state index is 11.7. The van der Waals surface area contributed by atoms with Gasteiger partial charge in [0.25, 0.3) is 5.91 Å². The zero-order valence-electron chi connectivity index (χ0n) is 12.0. The number of hydrogen-bond acceptors (Lipinski definition) is 4. The summed E-state index contributed by atoms with van der Waals surface area (Å²) >= 11 is 0. The van der Waals surface area contributed by atoms with Crippen LogP contribution in [-0.4, -0.2) is 18.0 Å². The number of nitrogens with one attached hydrogen (secondary N) is 1. The molecular weight excluding hydrogens is 278 g/mol. The lowest BCUT2D eigenvalue weighted by Crippen LogP contribution is -2.14. The maximum atomic E-state index is 11.7. The van der Waals surface area contributed by atoms with Crippen LogP contribution in [0.1, 0.15) is 10.4 Å². The molecule has 1 heterocycles. The van der Waals surface area contributed by atoms with Gasteiger partial charge in [0.2, 0.25) is 0 Å². The summed E-state index contributed by atoms with van der Waals surface area (Å²) in [6, 6.07) is 16.7. The summed E-state index contributed by atoms with van der Waals surface area (Å²) in [7, 11) is 1.60. The fraction of sp³-hybridized carbons (Fsp3) is 0.0588. The second-order valence-corrected chi connectivity index (χ2v) is 4.80. The summed E-state index contributed by atoms with van der Waals surface area (Å²) in [5.74, 6) is 0.620. The van der Waals surface area contributed by atoms with E-state index in [-0.39, 0.29) is 0 Å². The Kier molecular flexibility index (Phi) is 3.62. The summed E-state index contributed by atoms with van der Waals surface area (Å²) in [4.78, 5) is 16.2. The number of pyridine rings is 1. The van der Waals surface area contributed by atoms with Gasteiger partial charge in [0.05, 0.1) is 18.2 Å². The monoisotopic (exact) mass is 293 g/mol. The number of nitrogens with two attached hydrogens (primary N) is 1. The number of ether oxygens (including phenoxy) is 1. The highest BCUT2D eigenvalue weighted by Gasteiger charge is 2.12. The van der Waals surface area contributed by atoms with Gasteiger partial charge in [-0.1, -0.05) is 24.3 Å². The number of para-hydroxylation sites is 1. The van der Waals surface area contributed by atoms with Crippen LogP contribution in [0.25, 0.3) is 10.9 Å². The Hall–Kier alpha value is -3.08. The van der Waals surface area contributed by atoms with Gasteiger partial charge in [-0.15, -0.1) is 0 Å². The molecule has 0 saturated carbocycles. The molecule has 0 bridgehead atoms. The zero-order chi connectivity index (χ0) is 15.5. The molecule has 0 aliphatic rings. The Morgan fingerprint density at radius 2 is 1.95 bits per heavy atom. The largest absolute Gasteiger partial charge is 0.497 e. The van der Waals surface area contributed by atoms with Crippen LogP contribution in [-0.2, 0) is 0 Å². The summed E-state index contributed by atoms with van der Waals surface area (Å²) in [6.45, 7) is 0. The van der Waals surface area contributed by atoms with E-state index in [1.165, 1.54) is 0 Å². The van der Waals surface area contributed by atoms with Gasteiger partial charge in [-0.25, -0.2) is 4.98 Å². The summed E-state index contributed by atoms with van der Waals surface area (Å²) < 4.78 is 5.19. The summed E-state index contributed by atoms with van der Waals surface area (Å²) in [5, 5.41) is 4.00. The zero-order valence-corrected chi connectivity index (χ0v) is 12.0. The molecule has 5 heteroatoms. The van der Waals surface area contributed by atoms with Gasteiger partial charge in [-0.2, -0.15) is 0 Å². The van der Waals surface area contributed by atoms with Gasteiger partial charge in [0.15, 0.2) is 0 Å². The van der Waals surface area contributed by atoms with E-state index in [4.69, 9.17) is 10.5 Å². The van der Waals surface area contributed by atoms with Crippen LogP contribution in [0, 0.1) is 0 Å². The topological polar surface area (TPSA) is 77.2 Å². The fourth-order valence-corrected chi connectivity index (χ4v) is 2.24. The maximum Gasteiger partial charge on any atom is 0.252 e. The molecule has 0 spiro atoms. The molecule has 3 rings (SSSR count). The van der Waals surface area contributed by atoms with Gasteiger partial charge in [0.1, 0.15) is 11.6 Å². The van der Waals surface area contributed by atoms with E-state index in [2.05, 4.69) is 10.3 Å². The number of hydrogen-bond donors (Lipinski definition) is 2. The average molecular weight is 293 g/mol. The first kappa shape index (κ1) is 13.9. The van der Waals surface area contributed by atoms with E-state index in [0.717, 1.165) is 16.6 Å². The number of anilines is 2. The van der Waals surface area contributed by atoms with Crippen molar-refractivity contribution in [3.8, 4) is 5.75 Å². The number of benzene rings is 2. The third-order valence-electron chi connectivity index (χ3n) is 3.32. The van der Waals surface area contributed by atoms with E-state index in [0.29, 0.717) is 17.1 Å². The van der Waals surface area contributed by atoms with Crippen molar-refractivity contribution in [3.05, 3.63) is 60.2 Å². The van der Waals surface area contributed by atoms with Gasteiger partial charge in [-0.05, 0) is 24.3 Å². The van der Waals surface area contributed by atoms with E-state index < -0.39 is 5.91 Å². The SMILES string of the molecule is COc1cccc(Nc2nc3ccccc3cc2C(N)=O)c1. The average Bonchev–Trinajstić information content (AvgIpc) is 2.54. The van der Waals surface area contributed by atoms with Crippen molar-refractivity contribution < 1.29 is 9.53 Å². The number of rotatable bonds is 4. The predicted molar refractivity (Wildman–Crippen MR) is 86.5 cm³/mol. The Labute approximate surface area is 127 Å². The molecule has 5 nitrogen and oxygen atoms in total. The number of primary amides is 1. The van der Waals surface area contributed by atoms with E-state index in [9.17, 15) is 4.79 Å². The first-order valence-corrected chi connectivity index (χ1v) is 6.78. The lowest BCUT2D eigenvalue weighted by molar-refractivity contribution is 0.100. The molecule has 1 aromatic heterocycles. The molecule has 3 N–H and O–H groups in total. The first-order chi connectivity index (χ1) is 10.7. The third-order valence-corrected chi connectivity index (χ3v) is 3.32. The van der Waals surface area contributed by atoms with Gasteiger partial charge in [-0.3, -0.25) is 4.79 Å². The van der Waals surface area contributed by atoms with Crippen molar-refractivity contribution >= 4 is 28.3 Å². The van der Waals surface area contributed by atoms with Crippen LogP contribution in [0.4, 0.5) is 11.5 Å². The Balaban J connectivity index is 2.08. The fourth-order valence-electron chi connectivity index (χ4n) is 2.24. The smallest absolute Gasteiger partial charge is 0.252 e. The molecule has 110 valence electrons. The van der Waals surface area contributed by atoms with Crippen molar-refractivity contribution in [1.29, 1.82) is 0 Å². The normalized spacial score (nSPS) is 10.4. The molecule has 0 radical (unpaired) electrons. The van der Waals surface area contributed by atoms with Crippen LogP contribution >= 0.6 is 0 Å². The molecule has 0 saturated heterocycles. The minimum Gasteiger partial charge on any atom is -0.497 e. The molecule has 0 atom stereocenters. The van der Waals surface area contributed by atoms with E-state index in [1.54, 1.807) is 13.2 Å². The van der Waals surface area contributed by atoms with Gasteiger partial charge < -0.3 is 15.8 Å². The van der Waals surface area contributed by atoms with Crippen molar-refractivity contribution in [3.63, 3.8) is 0 Å². The second-order valence-electron chi connectivity index (χ2n) is 4.80. The van der Waals surface area contributed by atoms with Crippen LogP contribution in [0.2, 0.25) is 0 Å². The summed E-state index contributed by atoms with van der Waals surface area (Å²) in [6.07, 6.45) is 0. The minimum absolute atomic E-state index is 0.349. The number of carbonyl (C=O) groups excluding carboxylic acids is 1. The second kappa shape index (κ2) is 5.73. The minimum atomic E-state index is -0.524. The molecule has 3 aromatic rings. The Morgan fingerprint density at radius 3 is 2.73 bits per heavy atom. The van der Waals surface area contributed by atoms with E-state index >= 15 is 0 Å². The number of fused-ring (bicyclic) bond motifs is 1. The highest BCUT2D eigenvalue weighted by atomic mass is 16.5. The molecule has 1 amide bonds. The standard InChI is InChI=1S/C17H15N3O2/c1-22-13-7-4-6-12(10-13)19-17-14(16(18)21)9-11-5-2-3-8-15(11)20-17/h2-10H,1H3,(H2,18,21)(H,19,20). The van der Waals surface area contributed by atoms with Crippen molar-refractivity contribution in [2.75, 3.05) is 12.4 Å². The summed E-state index contributed by atoms with van der Waals surface area (Å²) in [5.41, 5.74) is 7.38. The van der Waals surface area contributed by atoms with Crippen LogP contribution < -0.4 is 15.8 Å². The third kappa shape index (κ3) is 2.69. The number of carbonyl (C=O) groups is 1.